The third-order valence-electron chi connectivity index (χ3n) is 3.31. The maximum Gasteiger partial charge on any atom is 0.323 e. The quantitative estimate of drug-likeness (QED) is 0.703. The van der Waals surface area contributed by atoms with Crippen molar-refractivity contribution in [3.8, 4) is 0 Å². The fourth-order valence-electron chi connectivity index (χ4n) is 2.48. The van der Waals surface area contributed by atoms with Crippen LogP contribution in [-0.2, 0) is 19.1 Å². The molecule has 0 bridgehead atoms. The predicted molar refractivity (Wildman–Crippen MR) is 68.5 cm³/mol. The molecular weight excluding hydrogens is 250 g/mol. The second kappa shape index (κ2) is 7.45. The van der Waals surface area contributed by atoms with E-state index in [-0.39, 0.29) is 5.97 Å². The van der Waals surface area contributed by atoms with E-state index >= 15 is 0 Å². The maximum absolute atomic E-state index is 12.0. The fourth-order valence-corrected chi connectivity index (χ4v) is 2.48. The van der Waals surface area contributed by atoms with Crippen molar-refractivity contribution in [1.29, 1.82) is 0 Å². The van der Waals surface area contributed by atoms with Crippen molar-refractivity contribution in [2.75, 3.05) is 20.3 Å². The Labute approximate surface area is 113 Å². The summed E-state index contributed by atoms with van der Waals surface area (Å²) in [6, 6.07) is -1.06. The Morgan fingerprint density at radius 3 is 2.63 bits per heavy atom. The summed E-state index contributed by atoms with van der Waals surface area (Å²) in [6.45, 7) is 4.31. The molecule has 1 aliphatic heterocycles. The van der Waals surface area contributed by atoms with Crippen LogP contribution in [0.3, 0.4) is 0 Å². The molecule has 1 saturated heterocycles. The van der Waals surface area contributed by atoms with E-state index in [0.717, 1.165) is 6.42 Å². The molecule has 0 aromatic carbocycles. The first-order valence-corrected chi connectivity index (χ1v) is 6.73. The third kappa shape index (κ3) is 3.91. The van der Waals surface area contributed by atoms with Crippen LogP contribution < -0.4 is 0 Å². The minimum absolute atomic E-state index is 0.295. The molecule has 1 aliphatic rings. The number of carbonyl (C=O) groups is 2. The van der Waals surface area contributed by atoms with Gasteiger partial charge < -0.3 is 14.6 Å². The first-order valence-electron chi connectivity index (χ1n) is 6.73. The lowest BCUT2D eigenvalue weighted by Gasteiger charge is -2.29. The highest BCUT2D eigenvalue weighted by molar-refractivity contribution is 5.80. The molecule has 1 rings (SSSR count). The van der Waals surface area contributed by atoms with Gasteiger partial charge in [0.1, 0.15) is 12.1 Å². The van der Waals surface area contributed by atoms with Gasteiger partial charge in [0.25, 0.3) is 0 Å². The zero-order valence-electron chi connectivity index (χ0n) is 11.8. The predicted octanol–water partition coefficient (Wildman–Crippen LogP) is 0.326. The number of esters is 2. The highest BCUT2D eigenvalue weighted by Gasteiger charge is 2.43. The number of carbonyl (C=O) groups excluding carboxylic acids is 2. The molecule has 0 radical (unpaired) electrons. The summed E-state index contributed by atoms with van der Waals surface area (Å²) in [4.78, 5) is 25.4. The normalized spacial score (nSPS) is 25.1. The number of hydrogen-bond acceptors (Lipinski definition) is 6. The zero-order valence-corrected chi connectivity index (χ0v) is 11.8. The van der Waals surface area contributed by atoms with Crippen LogP contribution in [0, 0.1) is 0 Å². The Morgan fingerprint density at radius 2 is 2.11 bits per heavy atom. The van der Waals surface area contributed by atoms with Crippen molar-refractivity contribution in [2.24, 2.45) is 0 Å². The molecule has 1 heterocycles. The van der Waals surface area contributed by atoms with Crippen LogP contribution in [0.25, 0.3) is 0 Å². The van der Waals surface area contributed by atoms with Crippen LogP contribution in [0.15, 0.2) is 0 Å². The highest BCUT2D eigenvalue weighted by atomic mass is 16.5. The Bertz CT molecular complexity index is 320. The first kappa shape index (κ1) is 15.9. The number of β-amino-alcohol motifs (C(OH)–C–C–N with tert-alkyl or cyclic N) is 1. The van der Waals surface area contributed by atoms with Gasteiger partial charge in [0, 0.05) is 13.0 Å². The van der Waals surface area contributed by atoms with E-state index in [2.05, 4.69) is 0 Å². The minimum atomic E-state index is -0.613. The minimum Gasteiger partial charge on any atom is -0.468 e. The standard InChI is InChI=1S/C13H23NO5/c1-4-6-10(13(17)19-5-2)14-8-9(15)7-11(14)12(16)18-3/h9-11,15H,4-8H2,1-3H3. The molecule has 110 valence electrons. The summed E-state index contributed by atoms with van der Waals surface area (Å²) in [5.74, 6) is -0.755. The Balaban J connectivity index is 2.85. The summed E-state index contributed by atoms with van der Waals surface area (Å²) < 4.78 is 9.79. The van der Waals surface area contributed by atoms with Gasteiger partial charge in [-0.05, 0) is 13.3 Å². The topological polar surface area (TPSA) is 76.1 Å². The van der Waals surface area contributed by atoms with E-state index < -0.39 is 24.2 Å². The highest BCUT2D eigenvalue weighted by Crippen LogP contribution is 2.24. The van der Waals surface area contributed by atoms with E-state index in [9.17, 15) is 14.7 Å². The first-order chi connectivity index (χ1) is 9.04. The Hall–Kier alpha value is -1.14. The Morgan fingerprint density at radius 1 is 1.42 bits per heavy atom. The number of likely N-dealkylation sites (tertiary alicyclic amines) is 1. The summed E-state index contributed by atoms with van der Waals surface area (Å²) in [5, 5.41) is 9.74. The molecule has 19 heavy (non-hydrogen) atoms. The number of aliphatic hydroxyl groups excluding tert-OH is 1. The lowest BCUT2D eigenvalue weighted by molar-refractivity contribution is -0.154. The molecule has 3 unspecified atom stereocenters. The average molecular weight is 273 g/mol. The summed E-state index contributed by atoms with van der Waals surface area (Å²) >= 11 is 0. The van der Waals surface area contributed by atoms with Gasteiger partial charge in [-0.3, -0.25) is 14.5 Å². The van der Waals surface area contributed by atoms with Crippen molar-refractivity contribution in [1.82, 2.24) is 4.90 Å². The largest absolute Gasteiger partial charge is 0.468 e. The van der Waals surface area contributed by atoms with Gasteiger partial charge in [-0.2, -0.15) is 0 Å². The lowest BCUT2D eigenvalue weighted by atomic mass is 10.1. The number of hydrogen-bond donors (Lipinski definition) is 1. The molecule has 1 N–H and O–H groups in total. The molecule has 0 amide bonds. The van der Waals surface area contributed by atoms with Gasteiger partial charge in [-0.1, -0.05) is 13.3 Å². The van der Waals surface area contributed by atoms with Crippen molar-refractivity contribution in [3.05, 3.63) is 0 Å². The summed E-state index contributed by atoms with van der Waals surface area (Å²) in [6.07, 6.45) is 1.08. The lowest BCUT2D eigenvalue weighted by Crippen LogP contribution is -2.48. The molecule has 0 aromatic heterocycles. The fraction of sp³-hybridized carbons (Fsp3) is 0.846. The van der Waals surface area contributed by atoms with Gasteiger partial charge in [-0.25, -0.2) is 0 Å². The Kier molecular flexibility index (Phi) is 6.24. The second-order valence-corrected chi connectivity index (χ2v) is 4.68. The molecule has 0 aromatic rings. The van der Waals surface area contributed by atoms with Gasteiger partial charge >= 0.3 is 11.9 Å². The maximum atomic E-state index is 12.0. The van der Waals surface area contributed by atoms with E-state index in [1.54, 1.807) is 11.8 Å². The average Bonchev–Trinajstić information content (AvgIpc) is 2.77. The zero-order chi connectivity index (χ0) is 14.4. The molecule has 0 saturated carbocycles. The van der Waals surface area contributed by atoms with Crippen LogP contribution in [0.2, 0.25) is 0 Å². The summed E-state index contributed by atoms with van der Waals surface area (Å²) in [5.41, 5.74) is 0. The second-order valence-electron chi connectivity index (χ2n) is 4.68. The van der Waals surface area contributed by atoms with E-state index in [4.69, 9.17) is 9.47 Å². The van der Waals surface area contributed by atoms with Crippen LogP contribution in [0.4, 0.5) is 0 Å². The molecule has 0 spiro atoms. The van der Waals surface area contributed by atoms with Crippen LogP contribution in [0.5, 0.6) is 0 Å². The monoisotopic (exact) mass is 273 g/mol. The molecule has 6 heteroatoms. The molecule has 1 fully saturated rings. The van der Waals surface area contributed by atoms with Crippen molar-refractivity contribution in [3.63, 3.8) is 0 Å². The molecule has 0 aliphatic carbocycles. The number of methoxy groups -OCH3 is 1. The molecular formula is C13H23NO5. The van der Waals surface area contributed by atoms with Crippen LogP contribution in [0.1, 0.15) is 33.1 Å². The van der Waals surface area contributed by atoms with Crippen molar-refractivity contribution >= 4 is 11.9 Å². The number of nitrogens with zero attached hydrogens (tertiary/aromatic N) is 1. The number of rotatable bonds is 6. The summed E-state index contributed by atoms with van der Waals surface area (Å²) in [7, 11) is 1.31. The van der Waals surface area contributed by atoms with Gasteiger partial charge in [0.2, 0.25) is 0 Å². The van der Waals surface area contributed by atoms with Crippen molar-refractivity contribution in [2.45, 2.75) is 51.3 Å². The number of ether oxygens (including phenoxy) is 2. The molecule has 6 nitrogen and oxygen atoms in total. The SMILES string of the molecule is CCCC(C(=O)OCC)N1CC(O)CC1C(=O)OC. The van der Waals surface area contributed by atoms with Crippen LogP contribution >= 0.6 is 0 Å². The van der Waals surface area contributed by atoms with Crippen LogP contribution in [-0.4, -0.2) is 60.4 Å². The van der Waals surface area contributed by atoms with E-state index in [1.807, 2.05) is 6.92 Å². The molecule has 3 atom stereocenters. The van der Waals surface area contributed by atoms with Crippen molar-refractivity contribution < 1.29 is 24.2 Å². The smallest absolute Gasteiger partial charge is 0.323 e. The van der Waals surface area contributed by atoms with Gasteiger partial charge in [0.15, 0.2) is 0 Å². The third-order valence-corrected chi connectivity index (χ3v) is 3.31. The van der Waals surface area contributed by atoms with E-state index in [1.165, 1.54) is 7.11 Å². The van der Waals surface area contributed by atoms with Gasteiger partial charge in [-0.15, -0.1) is 0 Å². The number of aliphatic hydroxyl groups is 1. The van der Waals surface area contributed by atoms with Gasteiger partial charge in [0.05, 0.1) is 19.8 Å². The van der Waals surface area contributed by atoms with E-state index in [0.29, 0.717) is 26.0 Å².